The molecule has 33 heavy (non-hydrogen) atoms. The van der Waals surface area contributed by atoms with E-state index in [9.17, 15) is 9.59 Å². The van der Waals surface area contributed by atoms with Gasteiger partial charge < -0.3 is 9.64 Å². The number of hydrogen-bond acceptors (Lipinski definition) is 5. The first-order valence-electron chi connectivity index (χ1n) is 11.2. The number of aromatic nitrogens is 1. The van der Waals surface area contributed by atoms with Gasteiger partial charge in [-0.3, -0.25) is 9.36 Å². The molecular weight excluding hydrogens is 434 g/mol. The molecule has 2 aromatic carbocycles. The smallest absolute Gasteiger partial charge is 0.350 e. The fourth-order valence-electron chi connectivity index (χ4n) is 4.41. The van der Waals surface area contributed by atoms with Crippen LogP contribution in [0.3, 0.4) is 0 Å². The summed E-state index contributed by atoms with van der Waals surface area (Å²) in [5, 5.41) is 2.24. The number of aliphatic imine (C=N–C) groups is 1. The molecule has 1 aliphatic heterocycles. The van der Waals surface area contributed by atoms with Crippen molar-refractivity contribution in [2.75, 3.05) is 20.2 Å². The number of hydrogen-bond donors (Lipinski definition) is 0. The molecule has 0 saturated carbocycles. The fraction of sp³-hybridized carbons (Fsp3) is 0.269. The molecule has 1 fully saturated rings. The second-order valence-electron chi connectivity index (χ2n) is 8.22. The minimum atomic E-state index is -0.440. The molecule has 7 heteroatoms. The van der Waals surface area contributed by atoms with Crippen molar-refractivity contribution in [1.82, 2.24) is 9.47 Å². The number of fused-ring (bicyclic) bond motifs is 3. The van der Waals surface area contributed by atoms with Gasteiger partial charge in [0.15, 0.2) is 0 Å². The van der Waals surface area contributed by atoms with E-state index in [1.54, 1.807) is 4.57 Å². The van der Waals surface area contributed by atoms with Crippen LogP contribution in [0.1, 0.15) is 34.5 Å². The Kier molecular flexibility index (Phi) is 5.96. The van der Waals surface area contributed by atoms with Crippen molar-refractivity contribution in [2.24, 2.45) is 4.99 Å². The molecule has 168 valence electrons. The van der Waals surface area contributed by atoms with Crippen LogP contribution in [-0.2, 0) is 11.3 Å². The Labute approximate surface area is 195 Å². The third-order valence-electron chi connectivity index (χ3n) is 6.08. The van der Waals surface area contributed by atoms with Crippen LogP contribution in [0.4, 0.5) is 5.69 Å². The Balaban J connectivity index is 1.78. The maximum atomic E-state index is 13.5. The Morgan fingerprint density at radius 2 is 1.73 bits per heavy atom. The minimum Gasteiger partial charge on any atom is -0.465 e. The van der Waals surface area contributed by atoms with E-state index < -0.39 is 5.97 Å². The number of nitrogens with zero attached hydrogens (tertiary/aromatic N) is 3. The summed E-state index contributed by atoms with van der Waals surface area (Å²) < 4.78 is 6.85. The van der Waals surface area contributed by atoms with Gasteiger partial charge in [-0.05, 0) is 36.3 Å². The Morgan fingerprint density at radius 3 is 2.45 bits per heavy atom. The number of esters is 1. The van der Waals surface area contributed by atoms with Crippen molar-refractivity contribution >= 4 is 50.3 Å². The highest BCUT2D eigenvalue weighted by molar-refractivity contribution is 7.21. The quantitative estimate of drug-likeness (QED) is 0.234. The molecule has 1 aliphatic rings. The normalized spacial score (nSPS) is 14.4. The summed E-state index contributed by atoms with van der Waals surface area (Å²) in [4.78, 5) is 34.4. The minimum absolute atomic E-state index is 0.0776. The summed E-state index contributed by atoms with van der Waals surface area (Å²) in [5.74, 6) is -0.440. The summed E-state index contributed by atoms with van der Waals surface area (Å²) in [6, 6.07) is 17.4. The molecule has 0 spiro atoms. The maximum Gasteiger partial charge on any atom is 0.350 e. The molecule has 5 rings (SSSR count). The zero-order chi connectivity index (χ0) is 22.8. The van der Waals surface area contributed by atoms with Gasteiger partial charge in [-0.15, -0.1) is 11.3 Å². The number of piperidine rings is 1. The first-order chi connectivity index (χ1) is 16.2. The lowest BCUT2D eigenvalue weighted by atomic mass is 10.1. The van der Waals surface area contributed by atoms with Crippen LogP contribution >= 0.6 is 11.3 Å². The molecule has 0 bridgehead atoms. The molecule has 0 N–H and O–H groups in total. The summed E-state index contributed by atoms with van der Waals surface area (Å²) in [7, 11) is 1.38. The first-order valence-corrected chi connectivity index (χ1v) is 12.0. The molecule has 6 nitrogen and oxygen atoms in total. The molecule has 4 aromatic rings. The van der Waals surface area contributed by atoms with Gasteiger partial charge in [-0.1, -0.05) is 48.5 Å². The van der Waals surface area contributed by atoms with Crippen LogP contribution in [0.25, 0.3) is 21.0 Å². The van der Waals surface area contributed by atoms with Crippen molar-refractivity contribution < 1.29 is 9.53 Å². The number of methoxy groups -OCH3 is 1. The van der Waals surface area contributed by atoms with Crippen LogP contribution in [0.15, 0.2) is 64.4 Å². The highest BCUT2D eigenvalue weighted by atomic mass is 32.1. The van der Waals surface area contributed by atoms with Crippen LogP contribution in [0.2, 0.25) is 0 Å². The maximum absolute atomic E-state index is 13.5. The lowest BCUT2D eigenvalue weighted by Crippen LogP contribution is -2.28. The van der Waals surface area contributed by atoms with E-state index in [0.717, 1.165) is 47.1 Å². The van der Waals surface area contributed by atoms with E-state index in [1.807, 2.05) is 60.9 Å². The predicted molar refractivity (Wildman–Crippen MR) is 134 cm³/mol. The molecule has 0 aliphatic carbocycles. The number of pyridine rings is 1. The van der Waals surface area contributed by atoms with Crippen molar-refractivity contribution in [2.45, 2.75) is 25.8 Å². The van der Waals surface area contributed by atoms with Crippen LogP contribution in [-0.4, -0.2) is 42.0 Å². The van der Waals surface area contributed by atoms with Crippen LogP contribution < -0.4 is 5.56 Å². The van der Waals surface area contributed by atoms with Crippen LogP contribution in [0.5, 0.6) is 0 Å². The molecule has 3 heterocycles. The van der Waals surface area contributed by atoms with E-state index >= 15 is 0 Å². The van der Waals surface area contributed by atoms with E-state index in [1.165, 1.54) is 24.9 Å². The molecule has 0 radical (unpaired) electrons. The number of likely N-dealkylation sites (tertiary alicyclic amines) is 1. The molecular formula is C26H25N3O3S. The second kappa shape index (κ2) is 9.19. The molecule has 0 unspecified atom stereocenters. The topological polar surface area (TPSA) is 63.9 Å². The van der Waals surface area contributed by atoms with Gasteiger partial charge in [-0.25, -0.2) is 9.79 Å². The summed E-state index contributed by atoms with van der Waals surface area (Å²) in [6.45, 7) is 2.33. The van der Waals surface area contributed by atoms with E-state index in [-0.39, 0.29) is 5.56 Å². The predicted octanol–water partition coefficient (Wildman–Crippen LogP) is 5.20. The zero-order valence-electron chi connectivity index (χ0n) is 18.5. The van der Waals surface area contributed by atoms with Gasteiger partial charge in [-0.2, -0.15) is 0 Å². The summed E-state index contributed by atoms with van der Waals surface area (Å²) in [5.41, 5.74) is 1.51. The third-order valence-corrected chi connectivity index (χ3v) is 7.26. The lowest BCUT2D eigenvalue weighted by molar-refractivity contribution is 0.0607. The average Bonchev–Trinajstić information content (AvgIpc) is 3.25. The summed E-state index contributed by atoms with van der Waals surface area (Å²) >= 11 is 1.27. The second-order valence-corrected chi connectivity index (χ2v) is 9.21. The highest BCUT2D eigenvalue weighted by Gasteiger charge is 2.24. The number of thiophene rings is 1. The standard InChI is InChI=1S/C26H25N3O3S/c1-32-26(31)23-22(27-17-28-14-8-3-9-15-28)21-19-12-6-7-13-20(19)24(30)29(25(21)33-23)16-18-10-4-2-5-11-18/h2,4-7,10-13,17H,3,8-9,14-16H2,1H3. The third kappa shape index (κ3) is 4.04. The van der Waals surface area contributed by atoms with Crippen molar-refractivity contribution in [3.63, 3.8) is 0 Å². The van der Waals surface area contributed by atoms with Gasteiger partial charge in [0.25, 0.3) is 5.56 Å². The Bertz CT molecular complexity index is 1400. The molecule has 0 amide bonds. The van der Waals surface area contributed by atoms with Crippen molar-refractivity contribution in [3.05, 3.63) is 75.4 Å². The number of ether oxygens (including phenoxy) is 1. The van der Waals surface area contributed by atoms with Gasteiger partial charge in [0.05, 0.1) is 20.0 Å². The molecule has 1 saturated heterocycles. The summed E-state index contributed by atoms with van der Waals surface area (Å²) in [6.07, 6.45) is 5.35. The van der Waals surface area contributed by atoms with Crippen molar-refractivity contribution in [3.8, 4) is 0 Å². The molecule has 2 aromatic heterocycles. The first kappa shape index (κ1) is 21.4. The Morgan fingerprint density at radius 1 is 1.03 bits per heavy atom. The van der Waals surface area contributed by atoms with E-state index in [0.29, 0.717) is 22.5 Å². The largest absolute Gasteiger partial charge is 0.465 e. The highest BCUT2D eigenvalue weighted by Crippen LogP contribution is 2.41. The number of benzene rings is 2. The van der Waals surface area contributed by atoms with Gasteiger partial charge >= 0.3 is 5.97 Å². The van der Waals surface area contributed by atoms with Crippen molar-refractivity contribution in [1.29, 1.82) is 0 Å². The zero-order valence-corrected chi connectivity index (χ0v) is 19.3. The average molecular weight is 460 g/mol. The van der Waals surface area contributed by atoms with Gasteiger partial charge in [0.2, 0.25) is 0 Å². The van der Waals surface area contributed by atoms with Gasteiger partial charge in [0, 0.05) is 23.9 Å². The van der Waals surface area contributed by atoms with Gasteiger partial charge in [0.1, 0.15) is 15.4 Å². The van der Waals surface area contributed by atoms with Crippen LogP contribution in [0, 0.1) is 0 Å². The fourth-order valence-corrected chi connectivity index (χ4v) is 5.58. The van der Waals surface area contributed by atoms with E-state index in [2.05, 4.69) is 4.90 Å². The van der Waals surface area contributed by atoms with E-state index in [4.69, 9.17) is 9.73 Å². The monoisotopic (exact) mass is 459 g/mol. The molecule has 0 atom stereocenters. The Hall–Kier alpha value is -3.45. The number of carbonyl (C=O) groups is 1. The SMILES string of the molecule is COC(=O)c1sc2c(c1N=CN1CCCCC1)c1ccccc1c(=O)n2Cc1ccccc1. The number of carbonyl (C=O) groups excluding carboxylic acids is 1. The lowest BCUT2D eigenvalue weighted by Gasteiger charge is -2.23. The number of rotatable bonds is 5.